The highest BCUT2D eigenvalue weighted by Crippen LogP contribution is 2.15. The molecule has 0 saturated heterocycles. The van der Waals surface area contributed by atoms with Crippen LogP contribution in [0.4, 0.5) is 5.95 Å². The highest BCUT2D eigenvalue weighted by Gasteiger charge is 2.18. The summed E-state index contributed by atoms with van der Waals surface area (Å²) in [6, 6.07) is -0.0496. The van der Waals surface area contributed by atoms with Crippen LogP contribution in [0.2, 0.25) is 0 Å². The average Bonchev–Trinajstić information content (AvgIpc) is 2.88. The molecule has 116 valence electrons. The van der Waals surface area contributed by atoms with Crippen LogP contribution >= 0.6 is 11.8 Å². The SMILES string of the molecule is CSC(CO)C(C)Nc1nc2c([nH]1)c(=O)n(C)c(=O)n2C. The fourth-order valence-corrected chi connectivity index (χ4v) is 2.77. The number of aromatic nitrogens is 4. The molecule has 2 heterocycles. The van der Waals surface area contributed by atoms with Crippen LogP contribution in [0, 0.1) is 0 Å². The van der Waals surface area contributed by atoms with Gasteiger partial charge in [0.05, 0.1) is 6.61 Å². The number of anilines is 1. The van der Waals surface area contributed by atoms with Gasteiger partial charge in [0.25, 0.3) is 5.56 Å². The molecule has 8 nitrogen and oxygen atoms in total. The van der Waals surface area contributed by atoms with Gasteiger partial charge < -0.3 is 15.4 Å². The van der Waals surface area contributed by atoms with E-state index in [1.807, 2.05) is 13.2 Å². The van der Waals surface area contributed by atoms with Gasteiger partial charge in [0, 0.05) is 25.4 Å². The first-order valence-corrected chi connectivity index (χ1v) is 7.75. The molecule has 2 aromatic rings. The minimum atomic E-state index is -0.420. The van der Waals surface area contributed by atoms with Crippen molar-refractivity contribution in [2.75, 3.05) is 18.2 Å². The molecule has 0 spiro atoms. The van der Waals surface area contributed by atoms with Gasteiger partial charge in [0.1, 0.15) is 0 Å². The summed E-state index contributed by atoms with van der Waals surface area (Å²) in [4.78, 5) is 31.1. The zero-order valence-electron chi connectivity index (χ0n) is 12.4. The number of H-pyrrole nitrogens is 1. The first-order valence-electron chi connectivity index (χ1n) is 6.46. The first-order chi connectivity index (χ1) is 9.90. The quantitative estimate of drug-likeness (QED) is 0.686. The van der Waals surface area contributed by atoms with E-state index in [1.54, 1.807) is 18.8 Å². The molecule has 2 unspecified atom stereocenters. The summed E-state index contributed by atoms with van der Waals surface area (Å²) in [5.41, 5.74) is -0.248. The van der Waals surface area contributed by atoms with Crippen LogP contribution in [-0.4, -0.2) is 48.4 Å². The standard InChI is InChI=1S/C12H19N5O3S/c1-6(7(5-18)21-4)13-11-14-8-9(15-11)16(2)12(20)17(3)10(8)19/h6-7,18H,5H2,1-4H3,(H2,13,14,15). The largest absolute Gasteiger partial charge is 0.395 e. The fourth-order valence-electron chi connectivity index (χ4n) is 2.14. The number of aryl methyl sites for hydroxylation is 1. The summed E-state index contributed by atoms with van der Waals surface area (Å²) in [6.45, 7) is 1.96. The number of hydrogen-bond donors (Lipinski definition) is 3. The Morgan fingerprint density at radius 1 is 1.38 bits per heavy atom. The molecule has 9 heteroatoms. The minimum absolute atomic E-state index is 0.00450. The van der Waals surface area contributed by atoms with E-state index in [2.05, 4.69) is 15.3 Å². The van der Waals surface area contributed by atoms with Crippen molar-refractivity contribution in [3.05, 3.63) is 20.8 Å². The number of rotatable bonds is 5. The van der Waals surface area contributed by atoms with Gasteiger partial charge in [-0.3, -0.25) is 13.9 Å². The summed E-state index contributed by atoms with van der Waals surface area (Å²) in [7, 11) is 2.99. The molecule has 0 amide bonds. The lowest BCUT2D eigenvalue weighted by Gasteiger charge is -2.20. The Hall–Kier alpha value is -1.74. The first kappa shape index (κ1) is 15.6. The van der Waals surface area contributed by atoms with Gasteiger partial charge >= 0.3 is 5.69 Å². The van der Waals surface area contributed by atoms with Gasteiger partial charge in [-0.15, -0.1) is 0 Å². The third-order valence-corrected chi connectivity index (χ3v) is 4.66. The van der Waals surface area contributed by atoms with Crippen LogP contribution in [-0.2, 0) is 14.1 Å². The van der Waals surface area contributed by atoms with E-state index in [-0.39, 0.29) is 23.4 Å². The lowest BCUT2D eigenvalue weighted by atomic mass is 10.2. The van der Waals surface area contributed by atoms with Crippen molar-refractivity contribution >= 4 is 28.9 Å². The molecule has 0 radical (unpaired) electrons. The number of aliphatic hydroxyl groups is 1. The topological polar surface area (TPSA) is 105 Å². The lowest BCUT2D eigenvalue weighted by Crippen LogP contribution is -2.36. The zero-order chi connectivity index (χ0) is 15.7. The second-order valence-corrected chi connectivity index (χ2v) is 5.96. The van der Waals surface area contributed by atoms with E-state index in [4.69, 9.17) is 0 Å². The normalized spacial score (nSPS) is 14.3. The Kier molecular flexibility index (Phi) is 4.43. The van der Waals surface area contributed by atoms with Crippen molar-refractivity contribution in [2.24, 2.45) is 14.1 Å². The summed E-state index contributed by atoms with van der Waals surface area (Å²) in [6.07, 6.45) is 1.91. The molecule has 0 aromatic carbocycles. The van der Waals surface area contributed by atoms with Gasteiger partial charge in [-0.25, -0.2) is 4.79 Å². The highest BCUT2D eigenvalue weighted by molar-refractivity contribution is 7.99. The summed E-state index contributed by atoms with van der Waals surface area (Å²) in [5, 5.41) is 12.4. The molecular formula is C12H19N5O3S. The number of aromatic amines is 1. The number of aliphatic hydroxyl groups excluding tert-OH is 1. The van der Waals surface area contributed by atoms with Crippen LogP contribution in [0.25, 0.3) is 11.2 Å². The number of fused-ring (bicyclic) bond motifs is 1. The highest BCUT2D eigenvalue weighted by atomic mass is 32.2. The van der Waals surface area contributed by atoms with E-state index < -0.39 is 11.2 Å². The smallest absolute Gasteiger partial charge is 0.332 e. The van der Waals surface area contributed by atoms with Crippen LogP contribution in [0.5, 0.6) is 0 Å². The Balaban J connectivity index is 2.45. The number of hydrogen-bond acceptors (Lipinski definition) is 6. The van der Waals surface area contributed by atoms with Crippen molar-refractivity contribution in [1.29, 1.82) is 0 Å². The third-order valence-electron chi connectivity index (χ3n) is 3.50. The number of thioether (sulfide) groups is 1. The van der Waals surface area contributed by atoms with Gasteiger partial charge in [0.15, 0.2) is 11.2 Å². The molecule has 0 aliphatic carbocycles. The maximum Gasteiger partial charge on any atom is 0.332 e. The van der Waals surface area contributed by atoms with Gasteiger partial charge in [-0.05, 0) is 13.2 Å². The van der Waals surface area contributed by atoms with E-state index in [0.29, 0.717) is 11.6 Å². The van der Waals surface area contributed by atoms with Gasteiger partial charge in [-0.1, -0.05) is 0 Å². The Morgan fingerprint density at radius 3 is 2.62 bits per heavy atom. The zero-order valence-corrected chi connectivity index (χ0v) is 13.2. The predicted molar refractivity (Wildman–Crippen MR) is 84.0 cm³/mol. The van der Waals surface area contributed by atoms with E-state index >= 15 is 0 Å². The van der Waals surface area contributed by atoms with E-state index in [9.17, 15) is 14.7 Å². The molecule has 2 rings (SSSR count). The molecule has 0 aliphatic heterocycles. The predicted octanol–water partition coefficient (Wildman–Crippen LogP) is -0.515. The molecule has 0 saturated carbocycles. The lowest BCUT2D eigenvalue weighted by molar-refractivity contribution is 0.288. The van der Waals surface area contributed by atoms with Crippen LogP contribution in [0.3, 0.4) is 0 Å². The maximum absolute atomic E-state index is 12.1. The van der Waals surface area contributed by atoms with Crippen molar-refractivity contribution in [3.63, 3.8) is 0 Å². The molecule has 2 aromatic heterocycles. The minimum Gasteiger partial charge on any atom is -0.395 e. The van der Waals surface area contributed by atoms with Crippen molar-refractivity contribution in [3.8, 4) is 0 Å². The van der Waals surface area contributed by atoms with Crippen LogP contribution < -0.4 is 16.6 Å². The average molecular weight is 313 g/mol. The molecule has 21 heavy (non-hydrogen) atoms. The number of nitrogens with one attached hydrogen (secondary N) is 2. The second-order valence-electron chi connectivity index (χ2n) is 4.88. The molecule has 0 aliphatic rings. The Labute approximate surface area is 125 Å². The molecule has 0 fully saturated rings. The number of nitrogens with zero attached hydrogens (tertiary/aromatic N) is 3. The molecule has 3 N–H and O–H groups in total. The maximum atomic E-state index is 12.1. The van der Waals surface area contributed by atoms with E-state index in [0.717, 1.165) is 4.57 Å². The van der Waals surface area contributed by atoms with Crippen LogP contribution in [0.1, 0.15) is 6.92 Å². The third kappa shape index (κ3) is 2.70. The molecule has 2 atom stereocenters. The second kappa shape index (κ2) is 5.94. The van der Waals surface area contributed by atoms with Crippen molar-refractivity contribution in [1.82, 2.24) is 19.1 Å². The summed E-state index contributed by atoms with van der Waals surface area (Å²) >= 11 is 1.54. The Bertz CT molecular complexity index is 759. The van der Waals surface area contributed by atoms with E-state index in [1.165, 1.54) is 11.6 Å². The molecule has 0 bridgehead atoms. The fraction of sp³-hybridized carbons (Fsp3) is 0.583. The molecular weight excluding hydrogens is 294 g/mol. The Morgan fingerprint density at radius 2 is 2.05 bits per heavy atom. The van der Waals surface area contributed by atoms with Gasteiger partial charge in [0.2, 0.25) is 5.95 Å². The monoisotopic (exact) mass is 313 g/mol. The summed E-state index contributed by atoms with van der Waals surface area (Å²) < 4.78 is 2.35. The number of imidazole rings is 1. The van der Waals surface area contributed by atoms with Crippen molar-refractivity contribution in [2.45, 2.75) is 18.2 Å². The van der Waals surface area contributed by atoms with Crippen LogP contribution in [0.15, 0.2) is 9.59 Å². The van der Waals surface area contributed by atoms with Gasteiger partial charge in [-0.2, -0.15) is 16.7 Å². The summed E-state index contributed by atoms with van der Waals surface area (Å²) in [5.74, 6) is 0.406. The van der Waals surface area contributed by atoms with Crippen molar-refractivity contribution < 1.29 is 5.11 Å².